The van der Waals surface area contributed by atoms with E-state index in [2.05, 4.69) is 12.2 Å². The number of aliphatic hydroxyl groups is 1. The van der Waals surface area contributed by atoms with Crippen LogP contribution in [0.2, 0.25) is 0 Å². The van der Waals surface area contributed by atoms with Crippen molar-refractivity contribution in [2.75, 3.05) is 11.5 Å². The molecule has 0 aromatic rings. The van der Waals surface area contributed by atoms with Gasteiger partial charge in [0, 0.05) is 0 Å². The third kappa shape index (κ3) is 5.15. The van der Waals surface area contributed by atoms with E-state index in [4.69, 9.17) is 0 Å². The molecule has 0 aliphatic carbocycles. The van der Waals surface area contributed by atoms with Gasteiger partial charge in [0.05, 0.1) is 12.1 Å². The summed E-state index contributed by atoms with van der Waals surface area (Å²) in [5.74, 6) is 0.923. The van der Waals surface area contributed by atoms with Gasteiger partial charge in [0.1, 0.15) is 11.7 Å². The Labute approximate surface area is 119 Å². The minimum absolute atomic E-state index is 0.248. The molecule has 0 bridgehead atoms. The van der Waals surface area contributed by atoms with Gasteiger partial charge in [-0.1, -0.05) is 19.8 Å². The van der Waals surface area contributed by atoms with Crippen LogP contribution in [0, 0.1) is 5.92 Å². The summed E-state index contributed by atoms with van der Waals surface area (Å²) >= 11 is 1.96. The number of unbranched alkanes of at least 4 members (excludes halogenated alkanes) is 2. The van der Waals surface area contributed by atoms with Crippen molar-refractivity contribution >= 4 is 23.5 Å². The van der Waals surface area contributed by atoms with Crippen LogP contribution in [0.25, 0.3) is 0 Å². The molecule has 1 aliphatic heterocycles. The smallest absolute Gasteiger partial charge is 0.233 e. The van der Waals surface area contributed by atoms with E-state index in [-0.39, 0.29) is 17.7 Å². The highest BCUT2D eigenvalue weighted by Crippen LogP contribution is 2.21. The summed E-state index contributed by atoms with van der Waals surface area (Å²) in [5, 5.41) is 12.7. The van der Waals surface area contributed by atoms with Crippen LogP contribution in [-0.4, -0.2) is 40.4 Å². The molecule has 4 nitrogen and oxygen atoms in total. The molecule has 1 aliphatic rings. The highest BCUT2D eigenvalue weighted by atomic mass is 32.2. The minimum Gasteiger partial charge on any atom is -0.390 e. The van der Waals surface area contributed by atoms with Crippen LogP contribution in [0.1, 0.15) is 46.0 Å². The first-order chi connectivity index (χ1) is 9.07. The molecule has 0 aromatic carbocycles. The molecule has 3 unspecified atom stereocenters. The number of nitrogens with one attached hydrogen (secondary N) is 1. The van der Waals surface area contributed by atoms with Gasteiger partial charge in [0.25, 0.3) is 0 Å². The van der Waals surface area contributed by atoms with Crippen molar-refractivity contribution in [3.05, 3.63) is 0 Å². The monoisotopic (exact) mass is 287 g/mol. The summed E-state index contributed by atoms with van der Waals surface area (Å²) in [6.07, 6.45) is 4.48. The van der Waals surface area contributed by atoms with Gasteiger partial charge in [0.15, 0.2) is 0 Å². The SMILES string of the molecule is CCCCSCCCCC1NC(=O)C(C(C)=O)C1O. The van der Waals surface area contributed by atoms with Crippen LogP contribution in [0.3, 0.4) is 0 Å². The van der Waals surface area contributed by atoms with Gasteiger partial charge in [-0.2, -0.15) is 11.8 Å². The summed E-state index contributed by atoms with van der Waals surface area (Å²) in [7, 11) is 0. The summed E-state index contributed by atoms with van der Waals surface area (Å²) in [4.78, 5) is 22.8. The number of carbonyl (C=O) groups excluding carboxylic acids is 2. The molecule has 1 amide bonds. The molecular weight excluding hydrogens is 262 g/mol. The summed E-state index contributed by atoms with van der Waals surface area (Å²) in [6, 6.07) is -0.248. The summed E-state index contributed by atoms with van der Waals surface area (Å²) < 4.78 is 0. The zero-order valence-electron chi connectivity index (χ0n) is 11.9. The highest BCUT2D eigenvalue weighted by molar-refractivity contribution is 7.99. The highest BCUT2D eigenvalue weighted by Gasteiger charge is 2.43. The second-order valence-corrected chi connectivity index (χ2v) is 6.38. The van der Waals surface area contributed by atoms with Gasteiger partial charge in [-0.15, -0.1) is 0 Å². The number of hydrogen-bond donors (Lipinski definition) is 2. The van der Waals surface area contributed by atoms with Crippen molar-refractivity contribution in [1.82, 2.24) is 5.32 Å². The second-order valence-electron chi connectivity index (χ2n) is 5.16. The average molecular weight is 287 g/mol. The lowest BCUT2D eigenvalue weighted by atomic mass is 9.95. The van der Waals surface area contributed by atoms with Crippen LogP contribution >= 0.6 is 11.8 Å². The maximum atomic E-state index is 11.5. The lowest BCUT2D eigenvalue weighted by molar-refractivity contribution is -0.132. The first-order valence-electron chi connectivity index (χ1n) is 7.14. The Morgan fingerprint density at radius 3 is 2.58 bits per heavy atom. The Balaban J connectivity index is 2.17. The fraction of sp³-hybridized carbons (Fsp3) is 0.857. The van der Waals surface area contributed by atoms with Gasteiger partial charge in [-0.05, 0) is 37.7 Å². The molecule has 110 valence electrons. The maximum Gasteiger partial charge on any atom is 0.233 e. The molecule has 19 heavy (non-hydrogen) atoms. The number of rotatable bonds is 9. The van der Waals surface area contributed by atoms with Gasteiger partial charge >= 0.3 is 0 Å². The largest absolute Gasteiger partial charge is 0.390 e. The normalized spacial score (nSPS) is 26.5. The molecule has 0 radical (unpaired) electrons. The minimum atomic E-state index is -0.857. The standard InChI is InChI=1S/C14H25NO3S/c1-3-4-8-19-9-6-5-7-11-13(17)12(10(2)16)14(18)15-11/h11-13,17H,3-9H2,1-2H3,(H,15,18). The van der Waals surface area contributed by atoms with E-state index in [1.54, 1.807) is 0 Å². The molecule has 1 saturated heterocycles. The predicted molar refractivity (Wildman–Crippen MR) is 78.2 cm³/mol. The molecule has 1 fully saturated rings. The first-order valence-corrected chi connectivity index (χ1v) is 8.30. The molecule has 2 N–H and O–H groups in total. The van der Waals surface area contributed by atoms with E-state index in [1.165, 1.54) is 25.5 Å². The van der Waals surface area contributed by atoms with Crippen molar-refractivity contribution in [2.24, 2.45) is 5.92 Å². The molecule has 1 heterocycles. The number of amides is 1. The van der Waals surface area contributed by atoms with E-state index in [1.807, 2.05) is 11.8 Å². The number of thioether (sulfide) groups is 1. The van der Waals surface area contributed by atoms with Crippen LogP contribution in [0.5, 0.6) is 0 Å². The van der Waals surface area contributed by atoms with Crippen molar-refractivity contribution < 1.29 is 14.7 Å². The van der Waals surface area contributed by atoms with Crippen LogP contribution in [0.4, 0.5) is 0 Å². The predicted octanol–water partition coefficient (Wildman–Crippen LogP) is 1.75. The van der Waals surface area contributed by atoms with E-state index in [9.17, 15) is 14.7 Å². The lowest BCUT2D eigenvalue weighted by Crippen LogP contribution is -2.32. The quantitative estimate of drug-likeness (QED) is 0.501. The van der Waals surface area contributed by atoms with Crippen molar-refractivity contribution in [1.29, 1.82) is 0 Å². The summed E-state index contributed by atoms with van der Waals surface area (Å²) in [6.45, 7) is 3.55. The number of Topliss-reactive ketones (excluding diaryl/α,β-unsaturated/α-hetero) is 1. The number of carbonyl (C=O) groups is 2. The number of ketones is 1. The Morgan fingerprint density at radius 2 is 2.00 bits per heavy atom. The van der Waals surface area contributed by atoms with Gasteiger partial charge in [-0.3, -0.25) is 9.59 Å². The van der Waals surface area contributed by atoms with E-state index in [0.717, 1.165) is 25.0 Å². The third-order valence-electron chi connectivity index (χ3n) is 3.50. The van der Waals surface area contributed by atoms with Crippen LogP contribution in [0.15, 0.2) is 0 Å². The van der Waals surface area contributed by atoms with Crippen LogP contribution < -0.4 is 5.32 Å². The molecule has 0 spiro atoms. The van der Waals surface area contributed by atoms with Crippen LogP contribution in [-0.2, 0) is 9.59 Å². The molecule has 1 rings (SSSR count). The lowest BCUT2D eigenvalue weighted by Gasteiger charge is -2.15. The Hall–Kier alpha value is -0.550. The average Bonchev–Trinajstić information content (AvgIpc) is 2.63. The fourth-order valence-electron chi connectivity index (χ4n) is 2.33. The summed E-state index contributed by atoms with van der Waals surface area (Å²) in [5.41, 5.74) is 0. The van der Waals surface area contributed by atoms with E-state index < -0.39 is 12.0 Å². The van der Waals surface area contributed by atoms with Crippen molar-refractivity contribution in [3.63, 3.8) is 0 Å². The van der Waals surface area contributed by atoms with Gasteiger partial charge in [-0.25, -0.2) is 0 Å². The molecular formula is C14H25NO3S. The molecule has 5 heteroatoms. The van der Waals surface area contributed by atoms with Crippen molar-refractivity contribution in [2.45, 2.75) is 58.1 Å². The third-order valence-corrected chi connectivity index (χ3v) is 4.65. The molecule has 3 atom stereocenters. The number of hydrogen-bond acceptors (Lipinski definition) is 4. The fourth-order valence-corrected chi connectivity index (χ4v) is 3.44. The second kappa shape index (κ2) is 8.59. The Morgan fingerprint density at radius 1 is 1.32 bits per heavy atom. The van der Waals surface area contributed by atoms with Gasteiger partial charge in [0.2, 0.25) is 5.91 Å². The zero-order valence-corrected chi connectivity index (χ0v) is 12.7. The Kier molecular flexibility index (Phi) is 7.46. The van der Waals surface area contributed by atoms with E-state index in [0.29, 0.717) is 0 Å². The zero-order chi connectivity index (χ0) is 14.3. The first kappa shape index (κ1) is 16.5. The van der Waals surface area contributed by atoms with E-state index >= 15 is 0 Å². The number of aliphatic hydroxyl groups excluding tert-OH is 1. The van der Waals surface area contributed by atoms with Gasteiger partial charge < -0.3 is 10.4 Å². The molecule has 0 aromatic heterocycles. The molecule has 0 saturated carbocycles. The topological polar surface area (TPSA) is 66.4 Å². The maximum absolute atomic E-state index is 11.5. The Bertz CT molecular complexity index is 309. The van der Waals surface area contributed by atoms with Crippen molar-refractivity contribution in [3.8, 4) is 0 Å².